The van der Waals surface area contributed by atoms with Crippen molar-refractivity contribution in [2.24, 2.45) is 0 Å². The van der Waals surface area contributed by atoms with E-state index >= 15 is 0 Å². The van der Waals surface area contributed by atoms with Gasteiger partial charge in [-0.05, 0) is 19.4 Å². The number of hydrogen-bond acceptors (Lipinski definition) is 5. The first kappa shape index (κ1) is 11.2. The summed E-state index contributed by atoms with van der Waals surface area (Å²) in [6, 6.07) is 2.03. The van der Waals surface area contributed by atoms with Crippen molar-refractivity contribution in [2.45, 2.75) is 19.9 Å². The average molecular weight is 245 g/mol. The van der Waals surface area contributed by atoms with Crippen molar-refractivity contribution in [2.75, 3.05) is 18.2 Å². The smallest absolute Gasteiger partial charge is 0.114 e. The van der Waals surface area contributed by atoms with E-state index in [0.717, 1.165) is 43.1 Å². The third kappa shape index (κ3) is 2.06. The van der Waals surface area contributed by atoms with Crippen LogP contribution in [-0.4, -0.2) is 33.1 Å². The van der Waals surface area contributed by atoms with Crippen LogP contribution in [0.1, 0.15) is 13.3 Å². The molecule has 1 fully saturated rings. The predicted octanol–water partition coefficient (Wildman–Crippen LogP) is 1.50. The fourth-order valence-electron chi connectivity index (χ4n) is 1.94. The molecule has 0 aliphatic carbocycles. The third-order valence-corrected chi connectivity index (χ3v) is 2.92. The van der Waals surface area contributed by atoms with Gasteiger partial charge >= 0.3 is 0 Å². The summed E-state index contributed by atoms with van der Waals surface area (Å²) in [6.07, 6.45) is 6.57. The number of hydroxylamine groups is 1. The van der Waals surface area contributed by atoms with E-state index in [-0.39, 0.29) is 0 Å². The summed E-state index contributed by atoms with van der Waals surface area (Å²) in [5.41, 5.74) is 2.77. The molecule has 3 rings (SSSR count). The van der Waals surface area contributed by atoms with Gasteiger partial charge in [0.25, 0.3) is 0 Å². The van der Waals surface area contributed by atoms with Gasteiger partial charge < -0.3 is 0 Å². The molecule has 1 aliphatic rings. The lowest BCUT2D eigenvalue weighted by atomic mass is 10.2. The second kappa shape index (κ2) is 4.73. The van der Waals surface area contributed by atoms with Gasteiger partial charge in [-0.3, -0.25) is 19.6 Å². The zero-order valence-corrected chi connectivity index (χ0v) is 10.3. The second-order valence-electron chi connectivity index (χ2n) is 4.18. The Morgan fingerprint density at radius 3 is 3.06 bits per heavy atom. The largest absolute Gasteiger partial charge is 0.273 e. The lowest BCUT2D eigenvalue weighted by molar-refractivity contribution is 0.168. The van der Waals surface area contributed by atoms with E-state index in [1.165, 1.54) is 0 Å². The number of hydrogen-bond donors (Lipinski definition) is 0. The van der Waals surface area contributed by atoms with Gasteiger partial charge in [0, 0.05) is 24.8 Å². The Labute approximate surface area is 105 Å². The lowest BCUT2D eigenvalue weighted by Gasteiger charge is -2.15. The van der Waals surface area contributed by atoms with Gasteiger partial charge in [0.05, 0.1) is 24.7 Å². The van der Waals surface area contributed by atoms with Crippen molar-refractivity contribution in [1.82, 2.24) is 20.0 Å². The first-order valence-electron chi connectivity index (χ1n) is 6.13. The molecular weight excluding hydrogens is 230 g/mol. The monoisotopic (exact) mass is 245 g/mol. The van der Waals surface area contributed by atoms with Crippen LogP contribution in [0, 0.1) is 0 Å². The minimum absolute atomic E-state index is 0.774. The number of aryl methyl sites for hydroxylation is 1. The molecule has 18 heavy (non-hydrogen) atoms. The van der Waals surface area contributed by atoms with E-state index in [4.69, 9.17) is 4.84 Å². The normalized spacial score (nSPS) is 15.3. The van der Waals surface area contributed by atoms with E-state index in [9.17, 15) is 0 Å². The number of aromatic nitrogens is 4. The van der Waals surface area contributed by atoms with Crippen LogP contribution in [0.5, 0.6) is 0 Å². The van der Waals surface area contributed by atoms with E-state index in [0.29, 0.717) is 0 Å². The molecule has 0 N–H and O–H groups in total. The molecule has 1 aliphatic heterocycles. The Kier molecular flexibility index (Phi) is 2.93. The van der Waals surface area contributed by atoms with Crippen LogP contribution in [0.4, 0.5) is 5.69 Å². The summed E-state index contributed by atoms with van der Waals surface area (Å²) >= 11 is 0. The highest BCUT2D eigenvalue weighted by Crippen LogP contribution is 2.23. The Morgan fingerprint density at radius 1 is 1.39 bits per heavy atom. The van der Waals surface area contributed by atoms with Crippen molar-refractivity contribution in [1.29, 1.82) is 0 Å². The van der Waals surface area contributed by atoms with Crippen molar-refractivity contribution in [3.8, 4) is 11.3 Å². The molecule has 6 nitrogen and oxygen atoms in total. The SMILES string of the molecule is CCn1cc(-c2cncc(N3CCCO3)c2)nn1. The van der Waals surface area contributed by atoms with Gasteiger partial charge in [0.15, 0.2) is 0 Å². The van der Waals surface area contributed by atoms with Gasteiger partial charge in [0.2, 0.25) is 0 Å². The molecule has 2 aromatic rings. The highest BCUT2D eigenvalue weighted by molar-refractivity contribution is 5.62. The van der Waals surface area contributed by atoms with Crippen molar-refractivity contribution in [3.63, 3.8) is 0 Å². The molecule has 0 aromatic carbocycles. The molecule has 6 heteroatoms. The van der Waals surface area contributed by atoms with Crippen LogP contribution < -0.4 is 5.06 Å². The molecule has 94 valence electrons. The maximum atomic E-state index is 5.51. The van der Waals surface area contributed by atoms with Crippen LogP contribution in [0.2, 0.25) is 0 Å². The van der Waals surface area contributed by atoms with Crippen LogP contribution in [0.3, 0.4) is 0 Å². The molecular formula is C12H15N5O. The summed E-state index contributed by atoms with van der Waals surface area (Å²) in [4.78, 5) is 9.75. The van der Waals surface area contributed by atoms with Gasteiger partial charge in [-0.2, -0.15) is 0 Å². The Bertz CT molecular complexity index is 533. The molecule has 3 heterocycles. The minimum atomic E-state index is 0.774. The molecule has 0 amide bonds. The molecule has 0 spiro atoms. The molecule has 0 saturated carbocycles. The molecule has 0 atom stereocenters. The zero-order chi connectivity index (χ0) is 12.4. The van der Waals surface area contributed by atoms with Crippen molar-refractivity contribution in [3.05, 3.63) is 24.7 Å². The molecule has 2 aromatic heterocycles. The molecule has 0 unspecified atom stereocenters. The maximum absolute atomic E-state index is 5.51. The van der Waals surface area contributed by atoms with Gasteiger partial charge in [-0.15, -0.1) is 5.10 Å². The molecule has 0 radical (unpaired) electrons. The number of pyridine rings is 1. The van der Waals surface area contributed by atoms with Crippen molar-refractivity contribution >= 4 is 5.69 Å². The first-order valence-corrected chi connectivity index (χ1v) is 6.13. The molecule has 1 saturated heterocycles. The van der Waals surface area contributed by atoms with Gasteiger partial charge in [-0.25, -0.2) is 0 Å². The minimum Gasteiger partial charge on any atom is -0.273 e. The quantitative estimate of drug-likeness (QED) is 0.820. The van der Waals surface area contributed by atoms with Crippen LogP contribution >= 0.6 is 0 Å². The van der Waals surface area contributed by atoms with Gasteiger partial charge in [0.1, 0.15) is 5.69 Å². The van der Waals surface area contributed by atoms with Gasteiger partial charge in [-0.1, -0.05) is 5.21 Å². The predicted molar refractivity (Wildman–Crippen MR) is 66.8 cm³/mol. The molecule has 0 bridgehead atoms. The highest BCUT2D eigenvalue weighted by Gasteiger charge is 2.15. The Balaban J connectivity index is 1.90. The summed E-state index contributed by atoms with van der Waals surface area (Å²) in [7, 11) is 0. The van der Waals surface area contributed by atoms with Crippen molar-refractivity contribution < 1.29 is 4.84 Å². The number of nitrogens with zero attached hydrogens (tertiary/aromatic N) is 5. The lowest BCUT2D eigenvalue weighted by Crippen LogP contribution is -2.16. The van der Waals surface area contributed by atoms with E-state index in [2.05, 4.69) is 15.3 Å². The van der Waals surface area contributed by atoms with Crippen LogP contribution in [0.25, 0.3) is 11.3 Å². The highest BCUT2D eigenvalue weighted by atomic mass is 16.7. The fraction of sp³-hybridized carbons (Fsp3) is 0.417. The zero-order valence-electron chi connectivity index (χ0n) is 10.3. The standard InChI is InChI=1S/C12H15N5O/c1-2-16-9-12(14-15-16)10-6-11(8-13-7-10)17-4-3-5-18-17/h6-9H,2-5H2,1H3. The Hall–Kier alpha value is -1.95. The van der Waals surface area contributed by atoms with E-state index in [1.54, 1.807) is 17.1 Å². The summed E-state index contributed by atoms with van der Waals surface area (Å²) in [5.74, 6) is 0. The maximum Gasteiger partial charge on any atom is 0.114 e. The summed E-state index contributed by atoms with van der Waals surface area (Å²) in [6.45, 7) is 4.53. The topological polar surface area (TPSA) is 56.1 Å². The summed E-state index contributed by atoms with van der Waals surface area (Å²) < 4.78 is 1.80. The summed E-state index contributed by atoms with van der Waals surface area (Å²) in [5, 5.41) is 10.0. The Morgan fingerprint density at radius 2 is 2.33 bits per heavy atom. The fourth-order valence-corrected chi connectivity index (χ4v) is 1.94. The third-order valence-electron chi connectivity index (χ3n) is 2.92. The van der Waals surface area contributed by atoms with E-state index < -0.39 is 0 Å². The average Bonchev–Trinajstić information content (AvgIpc) is 3.10. The second-order valence-corrected chi connectivity index (χ2v) is 4.18. The first-order chi connectivity index (χ1) is 8.86. The van der Waals surface area contributed by atoms with Crippen LogP contribution in [0.15, 0.2) is 24.7 Å². The number of rotatable bonds is 3. The van der Waals surface area contributed by atoms with E-state index in [1.807, 2.05) is 24.3 Å². The number of anilines is 1. The van der Waals surface area contributed by atoms with Crippen LogP contribution in [-0.2, 0) is 11.4 Å².